The molecular weight excluding hydrogens is 278 g/mol. The van der Waals surface area contributed by atoms with Crippen molar-refractivity contribution in [2.24, 2.45) is 0 Å². The second-order valence-corrected chi connectivity index (χ2v) is 6.05. The highest BCUT2D eigenvalue weighted by Crippen LogP contribution is 2.32. The number of ether oxygens (including phenoxy) is 2. The van der Waals surface area contributed by atoms with Crippen LogP contribution in [-0.2, 0) is 20.8 Å². The first-order valence-corrected chi connectivity index (χ1v) is 7.88. The van der Waals surface area contributed by atoms with Crippen LogP contribution in [0.3, 0.4) is 0 Å². The second kappa shape index (κ2) is 7.07. The summed E-state index contributed by atoms with van der Waals surface area (Å²) in [5.74, 6) is -0.166. The Morgan fingerprint density at radius 1 is 1.27 bits per heavy atom. The van der Waals surface area contributed by atoms with E-state index in [-0.39, 0.29) is 5.97 Å². The molecule has 0 aliphatic carbocycles. The zero-order valence-electron chi connectivity index (χ0n) is 13.0. The van der Waals surface area contributed by atoms with Crippen LogP contribution in [0.4, 0.5) is 0 Å². The minimum atomic E-state index is -0.166. The van der Waals surface area contributed by atoms with Crippen molar-refractivity contribution in [3.8, 4) is 0 Å². The van der Waals surface area contributed by atoms with Gasteiger partial charge in [-0.1, -0.05) is 42.0 Å². The SMILES string of the molecule is COC(=O)CC=C1CC2COCC(C1)N2Cc1ccccc1. The molecule has 2 saturated heterocycles. The average Bonchev–Trinajstić information content (AvgIpc) is 2.54. The molecule has 0 radical (unpaired) electrons. The normalized spacial score (nSPS) is 24.9. The molecule has 118 valence electrons. The van der Waals surface area contributed by atoms with E-state index in [0.29, 0.717) is 18.5 Å². The molecule has 0 spiro atoms. The number of carbonyl (C=O) groups is 1. The lowest BCUT2D eigenvalue weighted by Gasteiger charge is -2.46. The zero-order valence-corrected chi connectivity index (χ0v) is 13.0. The number of rotatable bonds is 4. The summed E-state index contributed by atoms with van der Waals surface area (Å²) in [7, 11) is 1.44. The van der Waals surface area contributed by atoms with Gasteiger partial charge in [-0.05, 0) is 18.4 Å². The summed E-state index contributed by atoms with van der Waals surface area (Å²) in [6, 6.07) is 11.4. The molecule has 0 amide bonds. The third-order valence-electron chi connectivity index (χ3n) is 4.55. The predicted molar refractivity (Wildman–Crippen MR) is 84.3 cm³/mol. The van der Waals surface area contributed by atoms with Crippen LogP contribution < -0.4 is 0 Å². The smallest absolute Gasteiger partial charge is 0.309 e. The maximum absolute atomic E-state index is 11.3. The van der Waals surface area contributed by atoms with Gasteiger partial charge in [0.1, 0.15) is 0 Å². The molecule has 0 aromatic heterocycles. The first-order valence-electron chi connectivity index (χ1n) is 7.88. The lowest BCUT2D eigenvalue weighted by Crippen LogP contribution is -2.54. The fourth-order valence-corrected chi connectivity index (χ4v) is 3.40. The molecule has 4 heteroatoms. The summed E-state index contributed by atoms with van der Waals surface area (Å²) in [5, 5.41) is 0. The van der Waals surface area contributed by atoms with E-state index in [0.717, 1.165) is 32.6 Å². The molecule has 0 N–H and O–H groups in total. The van der Waals surface area contributed by atoms with Crippen molar-refractivity contribution in [1.29, 1.82) is 0 Å². The summed E-state index contributed by atoms with van der Waals surface area (Å²) in [6.45, 7) is 2.53. The minimum absolute atomic E-state index is 0.166. The van der Waals surface area contributed by atoms with E-state index in [1.807, 2.05) is 0 Å². The molecule has 2 heterocycles. The standard InChI is InChI=1S/C18H23NO3/c1-21-18(20)8-7-15-9-16-12-22-13-17(10-15)19(16)11-14-5-3-2-4-6-14/h2-7,16-17H,8-13H2,1H3. The molecule has 2 unspecified atom stereocenters. The summed E-state index contributed by atoms with van der Waals surface area (Å²) in [5.41, 5.74) is 2.72. The fourth-order valence-electron chi connectivity index (χ4n) is 3.40. The summed E-state index contributed by atoms with van der Waals surface area (Å²) < 4.78 is 10.5. The van der Waals surface area contributed by atoms with Gasteiger partial charge in [-0.15, -0.1) is 0 Å². The van der Waals surface area contributed by atoms with Gasteiger partial charge < -0.3 is 9.47 Å². The van der Waals surface area contributed by atoms with Gasteiger partial charge in [0, 0.05) is 18.6 Å². The fraction of sp³-hybridized carbons (Fsp3) is 0.500. The Labute approximate surface area is 131 Å². The first-order chi connectivity index (χ1) is 10.8. The van der Waals surface area contributed by atoms with Gasteiger partial charge in [0.15, 0.2) is 0 Å². The minimum Gasteiger partial charge on any atom is -0.469 e. The highest BCUT2D eigenvalue weighted by atomic mass is 16.5. The molecular formula is C18H23NO3. The van der Waals surface area contributed by atoms with Crippen LogP contribution in [0, 0.1) is 0 Å². The maximum atomic E-state index is 11.3. The molecule has 2 atom stereocenters. The zero-order chi connectivity index (χ0) is 15.4. The van der Waals surface area contributed by atoms with E-state index < -0.39 is 0 Å². The van der Waals surface area contributed by atoms with Crippen LogP contribution in [0.5, 0.6) is 0 Å². The lowest BCUT2D eigenvalue weighted by molar-refractivity contribution is -0.139. The van der Waals surface area contributed by atoms with E-state index in [2.05, 4.69) is 41.3 Å². The molecule has 4 nitrogen and oxygen atoms in total. The number of esters is 1. The van der Waals surface area contributed by atoms with Gasteiger partial charge >= 0.3 is 5.97 Å². The summed E-state index contributed by atoms with van der Waals surface area (Å²) in [6.07, 6.45) is 4.41. The average molecular weight is 301 g/mol. The third-order valence-corrected chi connectivity index (χ3v) is 4.55. The number of morpholine rings is 1. The van der Waals surface area contributed by atoms with Crippen LogP contribution in [0.25, 0.3) is 0 Å². The number of hydrogen-bond acceptors (Lipinski definition) is 4. The lowest BCUT2D eigenvalue weighted by atomic mass is 9.88. The second-order valence-electron chi connectivity index (χ2n) is 6.05. The molecule has 2 fully saturated rings. The Kier molecular flexibility index (Phi) is 4.90. The van der Waals surface area contributed by atoms with Crippen LogP contribution in [0.15, 0.2) is 42.0 Å². The first kappa shape index (κ1) is 15.3. The number of methoxy groups -OCH3 is 1. The van der Waals surface area contributed by atoms with Crippen molar-refractivity contribution in [2.45, 2.75) is 37.9 Å². The molecule has 22 heavy (non-hydrogen) atoms. The van der Waals surface area contributed by atoms with E-state index >= 15 is 0 Å². The van der Waals surface area contributed by atoms with Crippen molar-refractivity contribution >= 4 is 5.97 Å². The Bertz CT molecular complexity index is 525. The van der Waals surface area contributed by atoms with Gasteiger partial charge in [-0.3, -0.25) is 9.69 Å². The Morgan fingerprint density at radius 2 is 1.95 bits per heavy atom. The van der Waals surface area contributed by atoms with Crippen LogP contribution in [0.2, 0.25) is 0 Å². The highest BCUT2D eigenvalue weighted by molar-refractivity contribution is 5.71. The number of carbonyl (C=O) groups excluding carboxylic acids is 1. The van der Waals surface area contributed by atoms with Crippen LogP contribution in [0.1, 0.15) is 24.8 Å². The van der Waals surface area contributed by atoms with E-state index in [1.54, 1.807) is 0 Å². The van der Waals surface area contributed by atoms with E-state index in [1.165, 1.54) is 18.2 Å². The van der Waals surface area contributed by atoms with Crippen LogP contribution in [-0.4, -0.2) is 43.3 Å². The number of nitrogens with zero attached hydrogens (tertiary/aromatic N) is 1. The highest BCUT2D eigenvalue weighted by Gasteiger charge is 2.36. The largest absolute Gasteiger partial charge is 0.469 e. The van der Waals surface area contributed by atoms with Gasteiger partial charge in [0.2, 0.25) is 0 Å². The summed E-state index contributed by atoms with van der Waals surface area (Å²) in [4.78, 5) is 13.9. The summed E-state index contributed by atoms with van der Waals surface area (Å²) >= 11 is 0. The monoisotopic (exact) mass is 301 g/mol. The molecule has 1 aromatic rings. The van der Waals surface area contributed by atoms with Crippen molar-refractivity contribution < 1.29 is 14.3 Å². The predicted octanol–water partition coefficient (Wildman–Crippen LogP) is 2.54. The molecule has 0 saturated carbocycles. The van der Waals surface area contributed by atoms with E-state index in [4.69, 9.17) is 9.47 Å². The number of benzene rings is 1. The number of hydrogen-bond donors (Lipinski definition) is 0. The van der Waals surface area contributed by atoms with Crippen LogP contribution >= 0.6 is 0 Å². The van der Waals surface area contributed by atoms with Crippen molar-refractivity contribution in [3.05, 3.63) is 47.5 Å². The Morgan fingerprint density at radius 3 is 2.59 bits per heavy atom. The molecule has 2 aliphatic heterocycles. The van der Waals surface area contributed by atoms with Crippen molar-refractivity contribution in [2.75, 3.05) is 20.3 Å². The van der Waals surface area contributed by atoms with Crippen molar-refractivity contribution in [3.63, 3.8) is 0 Å². The maximum Gasteiger partial charge on any atom is 0.309 e. The molecule has 1 aromatic carbocycles. The molecule has 2 bridgehead atoms. The third kappa shape index (κ3) is 3.57. The van der Waals surface area contributed by atoms with Gasteiger partial charge in [-0.2, -0.15) is 0 Å². The number of piperidine rings is 1. The molecule has 2 aliphatic rings. The quantitative estimate of drug-likeness (QED) is 0.633. The Hall–Kier alpha value is -1.65. The van der Waals surface area contributed by atoms with Gasteiger partial charge in [0.05, 0.1) is 26.7 Å². The van der Waals surface area contributed by atoms with Gasteiger partial charge in [-0.25, -0.2) is 0 Å². The van der Waals surface area contributed by atoms with Gasteiger partial charge in [0.25, 0.3) is 0 Å². The number of fused-ring (bicyclic) bond motifs is 2. The molecule has 3 rings (SSSR count). The van der Waals surface area contributed by atoms with E-state index in [9.17, 15) is 4.79 Å². The topological polar surface area (TPSA) is 38.8 Å². The van der Waals surface area contributed by atoms with Crippen molar-refractivity contribution in [1.82, 2.24) is 4.90 Å². The Balaban J connectivity index is 1.67.